The van der Waals surface area contributed by atoms with Gasteiger partial charge in [0, 0.05) is 16.7 Å². The Bertz CT molecular complexity index is 563. The highest BCUT2D eigenvalue weighted by molar-refractivity contribution is 9.10. The lowest BCUT2D eigenvalue weighted by atomic mass is 10.1. The molecule has 18 heavy (non-hydrogen) atoms. The first-order chi connectivity index (χ1) is 8.83. The van der Waals surface area contributed by atoms with Crippen LogP contribution in [0, 0.1) is 0 Å². The van der Waals surface area contributed by atoms with E-state index >= 15 is 0 Å². The van der Waals surface area contributed by atoms with Gasteiger partial charge in [-0.25, -0.2) is 0 Å². The molecule has 0 aliphatic heterocycles. The molecule has 0 atom stereocenters. The molecule has 0 bridgehead atoms. The van der Waals surface area contributed by atoms with E-state index in [4.69, 9.17) is 0 Å². The van der Waals surface area contributed by atoms with Gasteiger partial charge in [-0.15, -0.1) is 0 Å². The Morgan fingerprint density at radius 2 is 1.83 bits per heavy atom. The van der Waals surface area contributed by atoms with E-state index in [1.165, 1.54) is 24.8 Å². The zero-order chi connectivity index (χ0) is 12.4. The van der Waals surface area contributed by atoms with Crippen LogP contribution in [0.3, 0.4) is 0 Å². The quantitative estimate of drug-likeness (QED) is 0.877. The zero-order valence-electron chi connectivity index (χ0n) is 10.2. The molecule has 0 unspecified atom stereocenters. The monoisotopic (exact) mass is 301 g/mol. The average Bonchev–Trinajstić information content (AvgIpc) is 2.85. The van der Waals surface area contributed by atoms with E-state index < -0.39 is 0 Å². The number of aryl methyl sites for hydroxylation is 2. The van der Waals surface area contributed by atoms with E-state index in [0.29, 0.717) is 0 Å². The summed E-state index contributed by atoms with van der Waals surface area (Å²) in [6.07, 6.45) is 3.82. The summed E-state index contributed by atoms with van der Waals surface area (Å²) < 4.78 is 1.12. The zero-order valence-corrected chi connectivity index (χ0v) is 11.8. The van der Waals surface area contributed by atoms with Crippen LogP contribution in [-0.2, 0) is 19.4 Å². The van der Waals surface area contributed by atoms with Crippen LogP contribution in [0.5, 0.6) is 0 Å². The van der Waals surface area contributed by atoms with Gasteiger partial charge in [0.2, 0.25) is 0 Å². The van der Waals surface area contributed by atoms with E-state index in [1.54, 1.807) is 11.1 Å². The van der Waals surface area contributed by atoms with E-state index in [2.05, 4.69) is 57.6 Å². The number of halogens is 1. The third-order valence-corrected chi connectivity index (χ3v) is 4.21. The smallest absolute Gasteiger partial charge is 0.0487 e. The van der Waals surface area contributed by atoms with Crippen molar-refractivity contribution in [3.63, 3.8) is 0 Å². The third-order valence-electron chi connectivity index (χ3n) is 3.52. The molecular formula is C16H16BrN. The lowest BCUT2D eigenvalue weighted by molar-refractivity contribution is 0.911. The van der Waals surface area contributed by atoms with Gasteiger partial charge in [-0.2, -0.15) is 0 Å². The number of fused-ring (bicyclic) bond motifs is 1. The molecule has 1 aliphatic rings. The lowest BCUT2D eigenvalue weighted by Crippen LogP contribution is -2.00. The van der Waals surface area contributed by atoms with Gasteiger partial charge in [0.25, 0.3) is 0 Å². The summed E-state index contributed by atoms with van der Waals surface area (Å²) in [5.74, 6) is 0. The maximum atomic E-state index is 3.56. The fourth-order valence-electron chi connectivity index (χ4n) is 2.54. The minimum atomic E-state index is 0.885. The first kappa shape index (κ1) is 11.8. The van der Waals surface area contributed by atoms with Crippen LogP contribution < -0.4 is 5.32 Å². The van der Waals surface area contributed by atoms with Gasteiger partial charge in [0.15, 0.2) is 0 Å². The number of para-hydroxylation sites is 1. The molecule has 3 rings (SSSR count). The molecule has 0 heterocycles. The van der Waals surface area contributed by atoms with Crippen molar-refractivity contribution in [1.82, 2.24) is 0 Å². The second-order valence-electron chi connectivity index (χ2n) is 4.79. The van der Waals surface area contributed by atoms with Crippen molar-refractivity contribution >= 4 is 21.6 Å². The summed E-state index contributed by atoms with van der Waals surface area (Å²) in [5.41, 5.74) is 5.60. The minimum Gasteiger partial charge on any atom is -0.380 e. The van der Waals surface area contributed by atoms with Crippen LogP contribution in [-0.4, -0.2) is 0 Å². The number of benzene rings is 2. The third kappa shape index (κ3) is 2.44. The predicted molar refractivity (Wildman–Crippen MR) is 79.9 cm³/mol. The number of rotatable bonds is 3. The molecule has 0 amide bonds. The van der Waals surface area contributed by atoms with Crippen molar-refractivity contribution in [3.8, 4) is 0 Å². The van der Waals surface area contributed by atoms with Gasteiger partial charge in [-0.05, 0) is 64.0 Å². The van der Waals surface area contributed by atoms with Crippen LogP contribution in [0.1, 0.15) is 23.1 Å². The average molecular weight is 302 g/mol. The Labute approximate surface area is 116 Å². The van der Waals surface area contributed by atoms with E-state index in [0.717, 1.165) is 16.7 Å². The van der Waals surface area contributed by atoms with Crippen LogP contribution in [0.15, 0.2) is 46.9 Å². The van der Waals surface area contributed by atoms with Gasteiger partial charge in [0.1, 0.15) is 0 Å². The van der Waals surface area contributed by atoms with Crippen molar-refractivity contribution in [2.75, 3.05) is 5.32 Å². The highest BCUT2D eigenvalue weighted by Crippen LogP contribution is 2.25. The molecule has 0 spiro atoms. The standard InChI is InChI=1S/C16H16BrN/c17-15-6-1-2-7-16(15)18-11-12-8-9-13-4-3-5-14(13)10-12/h1-2,6-10,18H,3-5,11H2. The summed E-state index contributed by atoms with van der Waals surface area (Å²) in [5, 5.41) is 3.47. The molecule has 0 saturated carbocycles. The molecule has 0 aromatic heterocycles. The maximum Gasteiger partial charge on any atom is 0.0487 e. The SMILES string of the molecule is Brc1ccccc1NCc1ccc2c(c1)CCC2. The normalized spacial score (nSPS) is 13.4. The molecule has 0 radical (unpaired) electrons. The fourth-order valence-corrected chi connectivity index (χ4v) is 2.96. The van der Waals surface area contributed by atoms with E-state index in [-0.39, 0.29) is 0 Å². The molecule has 2 heteroatoms. The van der Waals surface area contributed by atoms with Gasteiger partial charge in [0.05, 0.1) is 0 Å². The Morgan fingerprint density at radius 1 is 1.00 bits per heavy atom. The van der Waals surface area contributed by atoms with Crippen molar-refractivity contribution in [1.29, 1.82) is 0 Å². The Hall–Kier alpha value is -1.28. The fraction of sp³-hybridized carbons (Fsp3) is 0.250. The largest absolute Gasteiger partial charge is 0.380 e. The molecule has 1 N–H and O–H groups in total. The molecule has 0 saturated heterocycles. The first-order valence-electron chi connectivity index (χ1n) is 6.42. The number of anilines is 1. The first-order valence-corrected chi connectivity index (χ1v) is 7.21. The second kappa shape index (κ2) is 5.15. The predicted octanol–water partition coefficient (Wildman–Crippen LogP) is 4.55. The van der Waals surface area contributed by atoms with Crippen molar-refractivity contribution < 1.29 is 0 Å². The van der Waals surface area contributed by atoms with E-state index in [1.807, 2.05) is 6.07 Å². The van der Waals surface area contributed by atoms with Crippen LogP contribution >= 0.6 is 15.9 Å². The Morgan fingerprint density at radius 3 is 2.72 bits per heavy atom. The van der Waals surface area contributed by atoms with Crippen molar-refractivity contribution in [3.05, 3.63) is 63.6 Å². The minimum absolute atomic E-state index is 0.885. The van der Waals surface area contributed by atoms with Crippen LogP contribution in [0.4, 0.5) is 5.69 Å². The molecular weight excluding hydrogens is 286 g/mol. The van der Waals surface area contributed by atoms with E-state index in [9.17, 15) is 0 Å². The van der Waals surface area contributed by atoms with Gasteiger partial charge < -0.3 is 5.32 Å². The number of hydrogen-bond acceptors (Lipinski definition) is 1. The summed E-state index contributed by atoms with van der Waals surface area (Å²) in [6.45, 7) is 0.885. The molecule has 0 fully saturated rings. The second-order valence-corrected chi connectivity index (χ2v) is 5.64. The topological polar surface area (TPSA) is 12.0 Å². The summed E-state index contributed by atoms with van der Waals surface area (Å²) in [4.78, 5) is 0. The van der Waals surface area contributed by atoms with Crippen LogP contribution in [0.2, 0.25) is 0 Å². The molecule has 1 aliphatic carbocycles. The Balaban J connectivity index is 1.72. The summed E-state index contributed by atoms with van der Waals surface area (Å²) in [6, 6.07) is 15.1. The maximum absolute atomic E-state index is 3.56. The number of hydrogen-bond donors (Lipinski definition) is 1. The van der Waals surface area contributed by atoms with Gasteiger partial charge >= 0.3 is 0 Å². The molecule has 1 nitrogen and oxygen atoms in total. The number of nitrogens with one attached hydrogen (secondary N) is 1. The molecule has 92 valence electrons. The van der Waals surface area contributed by atoms with Gasteiger partial charge in [-0.1, -0.05) is 30.3 Å². The lowest BCUT2D eigenvalue weighted by Gasteiger charge is -2.09. The van der Waals surface area contributed by atoms with Crippen molar-refractivity contribution in [2.45, 2.75) is 25.8 Å². The highest BCUT2D eigenvalue weighted by Gasteiger charge is 2.10. The Kier molecular flexibility index (Phi) is 3.37. The van der Waals surface area contributed by atoms with Gasteiger partial charge in [-0.3, -0.25) is 0 Å². The molecule has 2 aromatic rings. The highest BCUT2D eigenvalue weighted by atomic mass is 79.9. The summed E-state index contributed by atoms with van der Waals surface area (Å²) in [7, 11) is 0. The summed E-state index contributed by atoms with van der Waals surface area (Å²) >= 11 is 3.56. The van der Waals surface area contributed by atoms with Crippen molar-refractivity contribution in [2.24, 2.45) is 0 Å². The molecule has 2 aromatic carbocycles. The van der Waals surface area contributed by atoms with Crippen LogP contribution in [0.25, 0.3) is 0 Å².